The molecule has 0 fully saturated rings. The minimum atomic E-state index is -5.52. The molecule has 0 bridgehead atoms. The lowest BCUT2D eigenvalue weighted by molar-refractivity contribution is -0.191. The van der Waals surface area contributed by atoms with E-state index in [1.807, 2.05) is 5.43 Å². The number of ether oxygens (including phenoxy) is 2. The number of nitrogens with zero attached hydrogens (tertiary/aromatic N) is 3. The van der Waals surface area contributed by atoms with Gasteiger partial charge in [-0.15, -0.1) is 0 Å². The molecule has 16 heteroatoms. The highest BCUT2D eigenvalue weighted by molar-refractivity contribution is 5.81. The Hall–Kier alpha value is -3.69. The number of carbonyl (C=O) groups is 2. The second-order valence-electron chi connectivity index (χ2n) is 5.48. The Labute approximate surface area is 167 Å². The minimum absolute atomic E-state index is 0.0129. The fraction of sp³-hybridized carbons (Fsp3) is 0.267. The minimum Gasteiger partial charge on any atom is -0.416 e. The number of hydrazine groups is 1. The summed E-state index contributed by atoms with van der Waals surface area (Å²) in [5.41, 5.74) is 0.702. The van der Waals surface area contributed by atoms with Gasteiger partial charge in [0.25, 0.3) is 0 Å². The summed E-state index contributed by atoms with van der Waals surface area (Å²) in [5, 5.41) is 0. The number of aromatic nitrogens is 3. The molecule has 168 valence electrons. The molecule has 0 saturated heterocycles. The number of anilines is 1. The number of aryl methyl sites for hydroxylation is 1. The number of hydrogen-bond acceptors (Lipinski definition) is 9. The van der Waals surface area contributed by atoms with Gasteiger partial charge in [0, 0.05) is 12.5 Å². The number of carbonyl (C=O) groups excluding carboxylic acids is 2. The summed E-state index contributed by atoms with van der Waals surface area (Å²) >= 11 is 0. The number of nitrogens with two attached hydrogens (primary N) is 1. The number of esters is 2. The summed E-state index contributed by atoms with van der Waals surface area (Å²) in [5.74, 6) is -3.13. The largest absolute Gasteiger partial charge is 0.491 e. The van der Waals surface area contributed by atoms with E-state index in [1.54, 1.807) is 6.92 Å². The van der Waals surface area contributed by atoms with E-state index in [4.69, 9.17) is 5.84 Å². The third-order valence-electron chi connectivity index (χ3n) is 3.38. The van der Waals surface area contributed by atoms with Gasteiger partial charge in [-0.1, -0.05) is 6.92 Å². The van der Waals surface area contributed by atoms with Crippen molar-refractivity contribution < 1.29 is 45.4 Å². The maximum absolute atomic E-state index is 12.6. The lowest BCUT2D eigenvalue weighted by Crippen LogP contribution is -2.31. The van der Waals surface area contributed by atoms with Gasteiger partial charge in [-0.05, 0) is 12.1 Å². The van der Waals surface area contributed by atoms with E-state index in [9.17, 15) is 40.7 Å². The maximum atomic E-state index is 12.6. The van der Waals surface area contributed by atoms with Crippen molar-refractivity contribution in [1.29, 1.82) is 0 Å². The van der Waals surface area contributed by atoms with Gasteiger partial charge in [0.05, 0.1) is 5.69 Å². The first kappa shape index (κ1) is 23.6. The van der Waals surface area contributed by atoms with Crippen LogP contribution in [0.3, 0.4) is 0 Å². The maximum Gasteiger partial charge on any atom is 0.491 e. The standard InChI is InChI=1S/C15H11F6N5O5/c1-2-9-23-12(25-22)24-13(29)26(9)6-3-4-7(30-10(27)14(16,17)18)8(5-6)31-11(28)15(19,20)21/h3-5H,2,22H2,1H3,(H,24,25,29). The van der Waals surface area contributed by atoms with Crippen LogP contribution in [0.25, 0.3) is 5.69 Å². The topological polar surface area (TPSA) is 138 Å². The van der Waals surface area contributed by atoms with E-state index >= 15 is 0 Å². The number of halogens is 6. The quantitative estimate of drug-likeness (QED) is 0.225. The Kier molecular flexibility index (Phi) is 6.53. The molecule has 3 N–H and O–H groups in total. The lowest BCUT2D eigenvalue weighted by atomic mass is 10.2. The van der Waals surface area contributed by atoms with Crippen molar-refractivity contribution in [2.75, 3.05) is 5.43 Å². The third kappa shape index (κ3) is 5.47. The Balaban J connectivity index is 2.63. The van der Waals surface area contributed by atoms with Gasteiger partial charge in [0.2, 0.25) is 5.95 Å². The Morgan fingerprint density at radius 1 is 1.03 bits per heavy atom. The van der Waals surface area contributed by atoms with Gasteiger partial charge in [0.1, 0.15) is 5.82 Å². The van der Waals surface area contributed by atoms with Gasteiger partial charge in [-0.2, -0.15) is 36.3 Å². The summed E-state index contributed by atoms with van der Waals surface area (Å²) < 4.78 is 83.8. The highest BCUT2D eigenvalue weighted by Gasteiger charge is 2.44. The molecule has 0 radical (unpaired) electrons. The van der Waals surface area contributed by atoms with Gasteiger partial charge >= 0.3 is 30.0 Å². The van der Waals surface area contributed by atoms with E-state index in [-0.39, 0.29) is 23.9 Å². The van der Waals surface area contributed by atoms with E-state index in [1.165, 1.54) is 0 Å². The van der Waals surface area contributed by atoms with E-state index in [0.29, 0.717) is 12.1 Å². The molecule has 0 aliphatic heterocycles. The first-order valence-electron chi connectivity index (χ1n) is 7.97. The van der Waals surface area contributed by atoms with Crippen LogP contribution in [0.5, 0.6) is 11.5 Å². The van der Waals surface area contributed by atoms with Crippen molar-refractivity contribution in [3.05, 3.63) is 34.5 Å². The average molecular weight is 455 g/mol. The Morgan fingerprint density at radius 3 is 2.06 bits per heavy atom. The SMILES string of the molecule is CCc1nc(NN)nc(=O)n1-c1ccc(OC(=O)C(F)(F)F)c(OC(=O)C(F)(F)F)c1. The molecule has 31 heavy (non-hydrogen) atoms. The Morgan fingerprint density at radius 2 is 1.58 bits per heavy atom. The molecule has 1 heterocycles. The fourth-order valence-corrected chi connectivity index (χ4v) is 2.12. The molecule has 0 aliphatic carbocycles. The van der Waals surface area contributed by atoms with Crippen molar-refractivity contribution in [2.45, 2.75) is 25.7 Å². The zero-order valence-electron chi connectivity index (χ0n) is 15.2. The number of nitrogen functional groups attached to an aromatic ring is 1. The number of alkyl halides is 6. The van der Waals surface area contributed by atoms with E-state index < -0.39 is 41.5 Å². The average Bonchev–Trinajstić information content (AvgIpc) is 2.67. The number of benzene rings is 1. The summed E-state index contributed by atoms with van der Waals surface area (Å²) in [6.45, 7) is 1.54. The zero-order valence-corrected chi connectivity index (χ0v) is 15.2. The number of nitrogens with one attached hydrogen (secondary N) is 1. The summed E-state index contributed by atoms with van der Waals surface area (Å²) in [6, 6.07) is 2.07. The fourth-order valence-electron chi connectivity index (χ4n) is 2.12. The Bertz CT molecular complexity index is 1070. The van der Waals surface area contributed by atoms with Crippen LogP contribution in [-0.4, -0.2) is 38.8 Å². The second-order valence-corrected chi connectivity index (χ2v) is 5.48. The molecule has 0 unspecified atom stereocenters. The van der Waals surface area contributed by atoms with Gasteiger partial charge in [-0.25, -0.2) is 24.8 Å². The van der Waals surface area contributed by atoms with E-state index in [2.05, 4.69) is 19.4 Å². The first-order valence-corrected chi connectivity index (χ1v) is 7.97. The van der Waals surface area contributed by atoms with Crippen molar-refractivity contribution in [3.8, 4) is 17.2 Å². The van der Waals surface area contributed by atoms with Gasteiger partial charge in [-0.3, -0.25) is 5.43 Å². The second kappa shape index (κ2) is 8.58. The highest BCUT2D eigenvalue weighted by Crippen LogP contribution is 2.33. The highest BCUT2D eigenvalue weighted by atomic mass is 19.4. The predicted molar refractivity (Wildman–Crippen MR) is 88.2 cm³/mol. The van der Waals surface area contributed by atoms with Crippen molar-refractivity contribution in [2.24, 2.45) is 5.84 Å². The molecule has 10 nitrogen and oxygen atoms in total. The molecule has 0 atom stereocenters. The predicted octanol–water partition coefficient (Wildman–Crippen LogP) is 1.41. The van der Waals surface area contributed by atoms with Crippen LogP contribution in [0.2, 0.25) is 0 Å². The number of hydrogen-bond donors (Lipinski definition) is 2. The molecule has 2 aromatic rings. The smallest absolute Gasteiger partial charge is 0.416 e. The molecular weight excluding hydrogens is 444 g/mol. The summed E-state index contributed by atoms with van der Waals surface area (Å²) in [4.78, 5) is 41.8. The van der Waals surface area contributed by atoms with Gasteiger partial charge in [0.15, 0.2) is 11.5 Å². The van der Waals surface area contributed by atoms with Crippen LogP contribution >= 0.6 is 0 Å². The van der Waals surface area contributed by atoms with Crippen LogP contribution < -0.4 is 26.4 Å². The zero-order chi connectivity index (χ0) is 23.6. The van der Waals surface area contributed by atoms with Crippen molar-refractivity contribution >= 4 is 17.9 Å². The summed E-state index contributed by atoms with van der Waals surface area (Å²) in [7, 11) is 0. The molecule has 0 saturated carbocycles. The van der Waals surface area contributed by atoms with Crippen LogP contribution in [0.4, 0.5) is 32.3 Å². The normalized spacial score (nSPS) is 11.7. The van der Waals surface area contributed by atoms with Gasteiger partial charge < -0.3 is 9.47 Å². The third-order valence-corrected chi connectivity index (χ3v) is 3.38. The monoisotopic (exact) mass is 455 g/mol. The molecule has 1 aromatic carbocycles. The molecule has 0 spiro atoms. The molecule has 1 aromatic heterocycles. The van der Waals surface area contributed by atoms with Crippen molar-refractivity contribution in [1.82, 2.24) is 14.5 Å². The molecule has 0 amide bonds. The lowest BCUT2D eigenvalue weighted by Gasteiger charge is -2.16. The first-order chi connectivity index (χ1) is 14.3. The number of rotatable bonds is 5. The summed E-state index contributed by atoms with van der Waals surface area (Å²) in [6.07, 6.45) is -10.9. The van der Waals surface area contributed by atoms with Crippen LogP contribution in [-0.2, 0) is 16.0 Å². The van der Waals surface area contributed by atoms with Crippen LogP contribution in [0, 0.1) is 0 Å². The van der Waals surface area contributed by atoms with Crippen LogP contribution in [0.1, 0.15) is 12.7 Å². The van der Waals surface area contributed by atoms with E-state index in [0.717, 1.165) is 10.6 Å². The molecule has 2 rings (SSSR count). The van der Waals surface area contributed by atoms with Crippen LogP contribution in [0.15, 0.2) is 23.0 Å². The molecular formula is C15H11F6N5O5. The van der Waals surface area contributed by atoms with Crippen molar-refractivity contribution in [3.63, 3.8) is 0 Å². The molecule has 0 aliphatic rings.